The van der Waals surface area contributed by atoms with E-state index < -0.39 is 10.5 Å². The van der Waals surface area contributed by atoms with E-state index in [2.05, 4.69) is 38.3 Å². The molecule has 2 rings (SSSR count). The van der Waals surface area contributed by atoms with E-state index in [0.717, 1.165) is 35.7 Å². The van der Waals surface area contributed by atoms with E-state index in [1.165, 1.54) is 17.7 Å². The topological polar surface area (TPSA) is 129 Å². The highest BCUT2D eigenvalue weighted by atomic mass is 32.2. The molecule has 222 valence electrons. The van der Waals surface area contributed by atoms with Gasteiger partial charge in [-0.15, -0.1) is 0 Å². The first-order chi connectivity index (χ1) is 18.3. The van der Waals surface area contributed by atoms with E-state index in [1.54, 1.807) is 19.2 Å². The molecule has 0 heterocycles. The molecule has 0 aliphatic carbocycles. The second kappa shape index (κ2) is 22.0. The Morgan fingerprint density at radius 2 is 1.54 bits per heavy atom. The van der Waals surface area contributed by atoms with Crippen LogP contribution < -0.4 is 20.5 Å². The number of nitro benzene ring substituents is 1. The number of non-ortho nitro benzene ring substituents is 1. The van der Waals surface area contributed by atoms with Crippen molar-refractivity contribution >= 4 is 23.7 Å². The minimum Gasteiger partial charge on any atom is -0.497 e. The lowest BCUT2D eigenvalue weighted by Crippen LogP contribution is -2.37. The highest BCUT2D eigenvalue weighted by Crippen LogP contribution is 2.16. The molecular weight excluding hydrogens is 516 g/mol. The van der Waals surface area contributed by atoms with Crippen molar-refractivity contribution in [2.24, 2.45) is 17.0 Å². The molecule has 1 amide bonds. The lowest BCUT2D eigenvalue weighted by Gasteiger charge is -2.21. The van der Waals surface area contributed by atoms with E-state index in [-0.39, 0.29) is 11.8 Å². The molecule has 0 radical (unpaired) electrons. The molecule has 2 aromatic carbocycles. The quantitative estimate of drug-likeness (QED) is 0.168. The average Bonchev–Trinajstić information content (AvgIpc) is 2.89. The summed E-state index contributed by atoms with van der Waals surface area (Å²) in [5.74, 6) is 1.97. The van der Waals surface area contributed by atoms with Crippen molar-refractivity contribution in [3.05, 3.63) is 64.2 Å². The predicted molar refractivity (Wildman–Crippen MR) is 163 cm³/mol. The molecule has 0 aromatic heterocycles. The Balaban J connectivity index is 0. The molecule has 4 N–H and O–H groups in total. The number of carbonyl (C=O) groups is 1. The van der Waals surface area contributed by atoms with Gasteiger partial charge in [-0.1, -0.05) is 52.3 Å². The number of methoxy groups -OCH3 is 1. The van der Waals surface area contributed by atoms with Gasteiger partial charge in [0.05, 0.1) is 12.0 Å². The van der Waals surface area contributed by atoms with Gasteiger partial charge in [-0.05, 0) is 88.8 Å². The van der Waals surface area contributed by atoms with Crippen LogP contribution in [0.1, 0.15) is 61.0 Å². The summed E-state index contributed by atoms with van der Waals surface area (Å²) in [7, 11) is 1.67. The van der Waals surface area contributed by atoms with Crippen LogP contribution >= 0.6 is 11.9 Å². The molecule has 39 heavy (non-hydrogen) atoms. The van der Waals surface area contributed by atoms with Gasteiger partial charge in [-0.3, -0.25) is 15.3 Å². The van der Waals surface area contributed by atoms with Crippen LogP contribution in [0, 0.1) is 28.9 Å². The minimum atomic E-state index is -0.440. The Hall–Kier alpha value is -2.82. The number of amides is 1. The maximum Gasteiger partial charge on any atom is 0.407 e. The lowest BCUT2D eigenvalue weighted by atomic mass is 10.1. The van der Waals surface area contributed by atoms with Gasteiger partial charge < -0.3 is 20.1 Å². The van der Waals surface area contributed by atoms with Crippen molar-refractivity contribution in [1.29, 1.82) is 0 Å². The van der Waals surface area contributed by atoms with Gasteiger partial charge in [-0.25, -0.2) is 4.79 Å². The largest absolute Gasteiger partial charge is 0.497 e. The molecule has 0 saturated heterocycles. The molecule has 0 fully saturated rings. The second-order valence-electron chi connectivity index (χ2n) is 9.93. The number of rotatable bonds is 9. The van der Waals surface area contributed by atoms with Gasteiger partial charge in [0.25, 0.3) is 5.69 Å². The summed E-state index contributed by atoms with van der Waals surface area (Å²) < 4.78 is 10.1. The maximum atomic E-state index is 11.4. The highest BCUT2D eigenvalue weighted by Gasteiger charge is 2.16. The van der Waals surface area contributed by atoms with E-state index in [0.29, 0.717) is 18.4 Å². The van der Waals surface area contributed by atoms with E-state index in [1.807, 2.05) is 58.9 Å². The van der Waals surface area contributed by atoms with Gasteiger partial charge in [0.1, 0.15) is 11.4 Å². The first-order valence-corrected chi connectivity index (χ1v) is 14.0. The van der Waals surface area contributed by atoms with E-state index in [4.69, 9.17) is 14.6 Å². The van der Waals surface area contributed by atoms with E-state index in [9.17, 15) is 14.9 Å². The molecule has 1 atom stereocenters. The fourth-order valence-corrected chi connectivity index (χ4v) is 2.88. The third-order valence-electron chi connectivity index (χ3n) is 4.48. The summed E-state index contributed by atoms with van der Waals surface area (Å²) in [4.78, 5) is 21.9. The SMILES string of the molecule is CC.CC(C)CNCC(C)CNC(=O)OC(C)(C)C.COc1ccc(C)cc1.NSc1ccc([N+](=O)[O-])cc1. The molecular formula is C29H50N4O5S. The number of benzene rings is 2. The molecule has 0 bridgehead atoms. The van der Waals surface area contributed by atoms with Crippen LogP contribution in [-0.4, -0.2) is 43.4 Å². The maximum absolute atomic E-state index is 11.4. The highest BCUT2D eigenvalue weighted by molar-refractivity contribution is 7.97. The second-order valence-corrected chi connectivity index (χ2v) is 10.6. The number of nitrogens with one attached hydrogen (secondary N) is 2. The summed E-state index contributed by atoms with van der Waals surface area (Å²) in [6, 6.07) is 14.0. The smallest absolute Gasteiger partial charge is 0.407 e. The Morgan fingerprint density at radius 3 is 1.95 bits per heavy atom. The molecule has 0 aliphatic heterocycles. The first kappa shape index (κ1) is 38.3. The van der Waals surface area contributed by atoms with Crippen LogP contribution in [0.2, 0.25) is 0 Å². The summed E-state index contributed by atoms with van der Waals surface area (Å²) in [6.45, 7) is 20.7. The van der Waals surface area contributed by atoms with Crippen molar-refractivity contribution in [3.63, 3.8) is 0 Å². The average molecular weight is 567 g/mol. The van der Waals surface area contributed by atoms with Gasteiger partial charge in [0, 0.05) is 23.6 Å². The lowest BCUT2D eigenvalue weighted by molar-refractivity contribution is -0.384. The molecule has 10 heteroatoms. The van der Waals surface area contributed by atoms with Crippen LogP contribution in [0.5, 0.6) is 5.75 Å². The zero-order valence-corrected chi connectivity index (χ0v) is 26.2. The first-order valence-electron chi connectivity index (χ1n) is 13.2. The van der Waals surface area contributed by atoms with Crippen LogP contribution in [-0.2, 0) is 4.74 Å². The van der Waals surface area contributed by atoms with Gasteiger partial charge in [0.2, 0.25) is 0 Å². The van der Waals surface area contributed by atoms with Crippen molar-refractivity contribution in [1.82, 2.24) is 10.6 Å². The minimum absolute atomic E-state index is 0.0859. The third-order valence-corrected chi connectivity index (χ3v) is 5.02. The Bertz CT molecular complexity index is 901. The number of aryl methyl sites for hydroxylation is 1. The number of carbonyl (C=O) groups excluding carboxylic acids is 1. The van der Waals surface area contributed by atoms with Crippen molar-refractivity contribution in [2.75, 3.05) is 26.7 Å². The zero-order chi connectivity index (χ0) is 30.4. The molecule has 2 aromatic rings. The normalized spacial score (nSPS) is 10.9. The number of ether oxygens (including phenoxy) is 2. The van der Waals surface area contributed by atoms with Crippen LogP contribution in [0.15, 0.2) is 53.4 Å². The van der Waals surface area contributed by atoms with Crippen molar-refractivity contribution < 1.29 is 19.2 Å². The Kier molecular flexibility index (Phi) is 21.7. The van der Waals surface area contributed by atoms with Crippen LogP contribution in [0.25, 0.3) is 0 Å². The summed E-state index contributed by atoms with van der Waals surface area (Å²) >= 11 is 1.07. The van der Waals surface area contributed by atoms with Crippen molar-refractivity contribution in [2.45, 2.75) is 72.8 Å². The Morgan fingerprint density at radius 1 is 1.00 bits per heavy atom. The number of nitro groups is 1. The van der Waals surface area contributed by atoms with Crippen molar-refractivity contribution in [3.8, 4) is 5.75 Å². The van der Waals surface area contributed by atoms with Gasteiger partial charge in [0.15, 0.2) is 0 Å². The number of alkyl carbamates (subject to hydrolysis) is 1. The number of nitrogens with zero attached hydrogens (tertiary/aromatic N) is 1. The predicted octanol–water partition coefficient (Wildman–Crippen LogP) is 6.98. The zero-order valence-electron chi connectivity index (χ0n) is 25.4. The third kappa shape index (κ3) is 22.8. The Labute approximate surface area is 239 Å². The fraction of sp³-hybridized carbons (Fsp3) is 0.552. The molecule has 0 saturated carbocycles. The van der Waals surface area contributed by atoms with Crippen LogP contribution in [0.3, 0.4) is 0 Å². The summed E-state index contributed by atoms with van der Waals surface area (Å²) in [5.41, 5.74) is 0.919. The monoisotopic (exact) mass is 566 g/mol. The molecule has 0 aliphatic rings. The number of hydrogen-bond acceptors (Lipinski definition) is 8. The molecule has 9 nitrogen and oxygen atoms in total. The standard InChI is InChI=1S/C13H28N2O2.C8H10O.C6H6N2O2S.C2H6/c1-10(2)7-14-8-11(3)9-15-12(16)17-13(4,5)6;1-7-3-5-8(9-2)6-4-7;7-11-6-3-1-5(2-4-6)8(9)10;1-2/h10-11,14H,7-9H2,1-6H3,(H,15,16);3-6H,1-2H3;1-4H,7H2;1-2H3. The van der Waals surface area contributed by atoms with Crippen LogP contribution in [0.4, 0.5) is 10.5 Å². The summed E-state index contributed by atoms with van der Waals surface area (Å²) in [6.07, 6.45) is -0.340. The molecule has 1 unspecified atom stereocenters. The number of nitrogens with two attached hydrogens (primary N) is 1. The van der Waals surface area contributed by atoms with Gasteiger partial charge >= 0.3 is 6.09 Å². The number of hydrogen-bond donors (Lipinski definition) is 3. The fourth-order valence-electron chi connectivity index (χ4n) is 2.58. The van der Waals surface area contributed by atoms with E-state index >= 15 is 0 Å². The summed E-state index contributed by atoms with van der Waals surface area (Å²) in [5, 5.41) is 21.5. The molecule has 0 spiro atoms. The van der Waals surface area contributed by atoms with Gasteiger partial charge in [-0.2, -0.15) is 0 Å².